The van der Waals surface area contributed by atoms with Gasteiger partial charge in [0.1, 0.15) is 6.17 Å². The molecule has 0 aliphatic carbocycles. The predicted molar refractivity (Wildman–Crippen MR) is 70.3 cm³/mol. The number of hydrogen-bond donors (Lipinski definition) is 2. The van der Waals surface area contributed by atoms with E-state index < -0.39 is 0 Å². The summed E-state index contributed by atoms with van der Waals surface area (Å²) in [5.41, 5.74) is -0.357. The fourth-order valence-corrected chi connectivity index (χ4v) is 3.24. The van der Waals surface area contributed by atoms with E-state index in [0.717, 1.165) is 0 Å². The van der Waals surface area contributed by atoms with E-state index in [1.165, 1.54) is 0 Å². The lowest BCUT2D eigenvalue weighted by Crippen LogP contribution is -2.60. The van der Waals surface area contributed by atoms with Gasteiger partial charge in [0.2, 0.25) is 0 Å². The van der Waals surface area contributed by atoms with Crippen molar-refractivity contribution in [2.75, 3.05) is 26.5 Å². The zero-order valence-corrected chi connectivity index (χ0v) is 12.0. The summed E-state index contributed by atoms with van der Waals surface area (Å²) in [6.45, 7) is 7.22. The first-order valence-electron chi connectivity index (χ1n) is 6.85. The van der Waals surface area contributed by atoms with Gasteiger partial charge >= 0.3 is 12.1 Å². The first-order chi connectivity index (χ1) is 9.34. The summed E-state index contributed by atoms with van der Waals surface area (Å²) in [6.07, 6.45) is -0.546. The monoisotopic (exact) mass is 283 g/mol. The van der Waals surface area contributed by atoms with Crippen LogP contribution in [-0.2, 0) is 0 Å². The van der Waals surface area contributed by atoms with E-state index in [0.29, 0.717) is 19.9 Å². The number of amides is 4. The van der Waals surface area contributed by atoms with Gasteiger partial charge in [0.25, 0.3) is 0 Å². The van der Waals surface area contributed by atoms with Crippen LogP contribution in [0.25, 0.3) is 0 Å². The summed E-state index contributed by atoms with van der Waals surface area (Å²) in [5.74, 6) is 0. The molecule has 0 spiro atoms. The predicted octanol–water partition coefficient (Wildman–Crippen LogP) is -0.577. The van der Waals surface area contributed by atoms with Gasteiger partial charge in [-0.05, 0) is 20.8 Å². The molecule has 0 aromatic rings. The van der Waals surface area contributed by atoms with Gasteiger partial charge in [-0.2, -0.15) is 0 Å². The molecule has 3 saturated heterocycles. The van der Waals surface area contributed by atoms with Crippen molar-refractivity contribution in [2.45, 2.75) is 38.6 Å². The quantitative estimate of drug-likeness (QED) is 0.711. The molecule has 0 saturated carbocycles. The van der Waals surface area contributed by atoms with Gasteiger partial charge < -0.3 is 10.4 Å². The summed E-state index contributed by atoms with van der Waals surface area (Å²) in [4.78, 5) is 31.7. The lowest BCUT2D eigenvalue weighted by molar-refractivity contribution is -0.0167. The van der Waals surface area contributed by atoms with Crippen molar-refractivity contribution in [2.24, 2.45) is 0 Å². The summed E-state index contributed by atoms with van der Waals surface area (Å²) in [7, 11) is 0. The van der Waals surface area contributed by atoms with Crippen molar-refractivity contribution in [1.29, 1.82) is 0 Å². The van der Waals surface area contributed by atoms with Gasteiger partial charge in [0, 0.05) is 12.1 Å². The van der Waals surface area contributed by atoms with Crippen LogP contribution in [0.1, 0.15) is 20.8 Å². The average molecular weight is 283 g/mol. The van der Waals surface area contributed by atoms with Crippen molar-refractivity contribution in [1.82, 2.24) is 24.9 Å². The minimum absolute atomic E-state index is 0.00850. The number of nitrogens with zero attached hydrogens (tertiary/aromatic N) is 4. The van der Waals surface area contributed by atoms with Gasteiger partial charge in [-0.3, -0.25) is 19.6 Å². The Kier molecular flexibility index (Phi) is 2.84. The molecule has 4 amide bonds. The maximum absolute atomic E-state index is 12.6. The van der Waals surface area contributed by atoms with Crippen LogP contribution in [0.15, 0.2) is 0 Å². The molecule has 112 valence electrons. The number of aliphatic hydroxyl groups is 1. The highest BCUT2D eigenvalue weighted by Crippen LogP contribution is 2.36. The van der Waals surface area contributed by atoms with Crippen molar-refractivity contribution in [3.8, 4) is 0 Å². The Morgan fingerprint density at radius 3 is 2.50 bits per heavy atom. The molecule has 3 fully saturated rings. The van der Waals surface area contributed by atoms with Gasteiger partial charge in [-0.15, -0.1) is 0 Å². The second kappa shape index (κ2) is 4.23. The molecular formula is C12H21N5O3. The first kappa shape index (κ1) is 13.4. The molecule has 3 rings (SSSR count). The maximum Gasteiger partial charge on any atom is 0.325 e. The molecule has 20 heavy (non-hydrogen) atoms. The summed E-state index contributed by atoms with van der Waals surface area (Å²) in [6, 6.07) is -0.227. The van der Waals surface area contributed by atoms with Crippen molar-refractivity contribution >= 4 is 12.1 Å². The highest BCUT2D eigenvalue weighted by Gasteiger charge is 2.59. The largest absolute Gasteiger partial charge is 0.395 e. The Morgan fingerprint density at radius 2 is 1.90 bits per heavy atom. The first-order valence-corrected chi connectivity index (χ1v) is 6.85. The zero-order valence-electron chi connectivity index (χ0n) is 12.0. The molecule has 3 heterocycles. The van der Waals surface area contributed by atoms with Gasteiger partial charge in [-0.1, -0.05) is 0 Å². The van der Waals surface area contributed by atoms with E-state index in [4.69, 9.17) is 5.11 Å². The number of aliphatic hydroxyl groups excluding tert-OH is 1. The van der Waals surface area contributed by atoms with E-state index in [-0.39, 0.29) is 36.5 Å². The molecule has 0 bridgehead atoms. The molecule has 0 aromatic heterocycles. The Morgan fingerprint density at radius 1 is 1.25 bits per heavy atom. The number of hydrogen-bond acceptors (Lipinski definition) is 4. The molecule has 3 aliphatic heterocycles. The van der Waals surface area contributed by atoms with E-state index in [1.807, 2.05) is 25.7 Å². The smallest absolute Gasteiger partial charge is 0.325 e. The van der Waals surface area contributed by atoms with E-state index >= 15 is 0 Å². The SMILES string of the molecule is CC(C)(C)N1C(=O)N2CN(CCO)CN3C(=O)NC1C32. The summed E-state index contributed by atoms with van der Waals surface area (Å²) >= 11 is 0. The molecular weight excluding hydrogens is 262 g/mol. The number of urea groups is 2. The lowest BCUT2D eigenvalue weighted by Gasteiger charge is -2.41. The van der Waals surface area contributed by atoms with Crippen LogP contribution < -0.4 is 5.32 Å². The average Bonchev–Trinajstić information content (AvgIpc) is 2.79. The van der Waals surface area contributed by atoms with E-state index in [2.05, 4.69) is 5.32 Å². The third-order valence-corrected chi connectivity index (χ3v) is 4.03. The third-order valence-electron chi connectivity index (χ3n) is 4.03. The van der Waals surface area contributed by atoms with Crippen LogP contribution in [0, 0.1) is 0 Å². The minimum atomic E-state index is -0.357. The van der Waals surface area contributed by atoms with Crippen molar-refractivity contribution in [3.05, 3.63) is 0 Å². The Hall–Kier alpha value is -1.54. The molecule has 8 heteroatoms. The molecule has 0 aromatic carbocycles. The maximum atomic E-state index is 12.6. The summed E-state index contributed by atoms with van der Waals surface area (Å²) in [5, 5.41) is 12.0. The Balaban J connectivity index is 1.93. The van der Waals surface area contributed by atoms with E-state index in [9.17, 15) is 9.59 Å². The number of rotatable bonds is 2. The third kappa shape index (κ3) is 1.75. The molecule has 2 atom stereocenters. The molecule has 2 unspecified atom stereocenters. The zero-order chi connectivity index (χ0) is 14.7. The number of nitrogens with one attached hydrogen (secondary N) is 1. The van der Waals surface area contributed by atoms with Gasteiger partial charge in [0.15, 0.2) is 6.17 Å². The molecule has 0 radical (unpaired) electrons. The van der Waals surface area contributed by atoms with Gasteiger partial charge in [-0.25, -0.2) is 9.59 Å². The summed E-state index contributed by atoms with van der Waals surface area (Å²) < 4.78 is 0. The van der Waals surface area contributed by atoms with Crippen LogP contribution in [-0.4, -0.2) is 81.1 Å². The molecule has 3 aliphatic rings. The fraction of sp³-hybridized carbons (Fsp3) is 0.833. The van der Waals surface area contributed by atoms with E-state index in [1.54, 1.807) is 14.7 Å². The highest BCUT2D eigenvalue weighted by atomic mass is 16.3. The van der Waals surface area contributed by atoms with Crippen LogP contribution in [0.2, 0.25) is 0 Å². The number of carbonyl (C=O) groups is 2. The minimum Gasteiger partial charge on any atom is -0.395 e. The van der Waals surface area contributed by atoms with Crippen molar-refractivity contribution in [3.63, 3.8) is 0 Å². The lowest BCUT2D eigenvalue weighted by atomic mass is 10.1. The topological polar surface area (TPSA) is 79.4 Å². The number of carbonyl (C=O) groups excluding carboxylic acids is 2. The Labute approximate surface area is 117 Å². The van der Waals surface area contributed by atoms with Crippen LogP contribution in [0.5, 0.6) is 0 Å². The van der Waals surface area contributed by atoms with Crippen molar-refractivity contribution < 1.29 is 14.7 Å². The fourth-order valence-electron chi connectivity index (χ4n) is 3.24. The standard InChI is InChI=1S/C12H21N5O3/c1-12(2,3)17-8-9-15(10(19)13-8)6-14(4-5-18)7-16(9)11(17)20/h8-9,18H,4-7H2,1-3H3,(H,13,19). The molecule has 8 nitrogen and oxygen atoms in total. The molecule has 2 N–H and O–H groups in total. The Bertz CT molecular complexity index is 449. The normalized spacial score (nSPS) is 30.1. The second-order valence-corrected chi connectivity index (χ2v) is 6.47. The van der Waals surface area contributed by atoms with Gasteiger partial charge in [0.05, 0.1) is 19.9 Å². The second-order valence-electron chi connectivity index (χ2n) is 6.47. The number of β-amino-alcohol motifs (C(OH)–C–C–N with tert-alkyl or cyclic N) is 1. The van der Waals surface area contributed by atoms with Crippen LogP contribution in [0.3, 0.4) is 0 Å². The van der Waals surface area contributed by atoms with Crippen LogP contribution in [0.4, 0.5) is 9.59 Å². The highest BCUT2D eigenvalue weighted by molar-refractivity contribution is 5.85. The van der Waals surface area contributed by atoms with Crippen LogP contribution >= 0.6 is 0 Å².